The topological polar surface area (TPSA) is 56.6 Å². The van der Waals surface area contributed by atoms with Crippen LogP contribution in [0.15, 0.2) is 42.6 Å². The number of nitrogens with zero attached hydrogens (tertiary/aromatic N) is 3. The lowest BCUT2D eigenvalue weighted by molar-refractivity contribution is -0.0553. The minimum atomic E-state index is -0.328. The van der Waals surface area contributed by atoms with E-state index in [2.05, 4.69) is 5.10 Å². The average molecular weight is 313 g/mol. The van der Waals surface area contributed by atoms with Crippen molar-refractivity contribution in [3.8, 4) is 5.69 Å². The number of hydrogen-bond donors (Lipinski definition) is 0. The molecule has 1 aromatic heterocycles. The molecule has 0 radical (unpaired) electrons. The molecule has 2 saturated heterocycles. The molecule has 2 fully saturated rings. The Morgan fingerprint density at radius 1 is 1.09 bits per heavy atom. The molecule has 1 amide bonds. The van der Waals surface area contributed by atoms with Gasteiger partial charge in [0, 0.05) is 19.3 Å². The molecule has 2 aliphatic heterocycles. The van der Waals surface area contributed by atoms with Gasteiger partial charge in [-0.05, 0) is 24.6 Å². The monoisotopic (exact) mass is 313 g/mol. The van der Waals surface area contributed by atoms with Gasteiger partial charge in [0.05, 0.1) is 31.0 Å². The van der Waals surface area contributed by atoms with Crippen LogP contribution in [0.4, 0.5) is 0 Å². The van der Waals surface area contributed by atoms with Gasteiger partial charge in [0.2, 0.25) is 0 Å². The third-order valence-electron chi connectivity index (χ3n) is 4.56. The van der Waals surface area contributed by atoms with Crippen LogP contribution in [0.5, 0.6) is 0 Å². The average Bonchev–Trinajstić information content (AvgIpc) is 3.26. The molecule has 0 aliphatic carbocycles. The molecule has 4 rings (SSSR count). The van der Waals surface area contributed by atoms with E-state index in [0.29, 0.717) is 38.7 Å². The minimum absolute atomic E-state index is 0.0477. The summed E-state index contributed by atoms with van der Waals surface area (Å²) in [5.41, 5.74) is 1.07. The lowest BCUT2D eigenvalue weighted by Crippen LogP contribution is -2.59. The van der Waals surface area contributed by atoms with Crippen LogP contribution in [0.25, 0.3) is 5.69 Å². The summed E-state index contributed by atoms with van der Waals surface area (Å²) in [6.07, 6.45) is 2.64. The van der Waals surface area contributed by atoms with Gasteiger partial charge in [0.1, 0.15) is 0 Å². The maximum atomic E-state index is 12.9. The van der Waals surface area contributed by atoms with E-state index >= 15 is 0 Å². The summed E-state index contributed by atoms with van der Waals surface area (Å²) in [5.74, 6) is -0.0477. The van der Waals surface area contributed by atoms with Gasteiger partial charge >= 0.3 is 0 Å². The summed E-state index contributed by atoms with van der Waals surface area (Å²) in [7, 11) is 0. The van der Waals surface area contributed by atoms with Crippen molar-refractivity contribution in [1.82, 2.24) is 14.7 Å². The van der Waals surface area contributed by atoms with E-state index in [1.54, 1.807) is 10.7 Å². The summed E-state index contributed by atoms with van der Waals surface area (Å²) < 4.78 is 12.9. The highest BCUT2D eigenvalue weighted by molar-refractivity contribution is 5.93. The molecule has 3 heterocycles. The fourth-order valence-electron chi connectivity index (χ4n) is 3.27. The van der Waals surface area contributed by atoms with Crippen LogP contribution in [0, 0.1) is 0 Å². The molecule has 0 N–H and O–H groups in total. The van der Waals surface area contributed by atoms with E-state index < -0.39 is 0 Å². The zero-order valence-electron chi connectivity index (χ0n) is 12.9. The van der Waals surface area contributed by atoms with Gasteiger partial charge in [-0.25, -0.2) is 4.68 Å². The van der Waals surface area contributed by atoms with Gasteiger partial charge in [-0.15, -0.1) is 0 Å². The Hall–Kier alpha value is -2.18. The highest BCUT2D eigenvalue weighted by atomic mass is 16.5. The van der Waals surface area contributed by atoms with E-state index in [-0.39, 0.29) is 11.4 Å². The standard InChI is InChI=1S/C17H19N3O3/c21-16(19-9-11-23-13-17(19)7-10-22-12-17)15-6-8-20(18-15)14-4-2-1-3-5-14/h1-6,8H,7,9-13H2/t17-/m1/s1. The molecular formula is C17H19N3O3. The maximum absolute atomic E-state index is 12.9. The van der Waals surface area contributed by atoms with Crippen LogP contribution in [0.3, 0.4) is 0 Å². The van der Waals surface area contributed by atoms with Crippen LogP contribution in [-0.4, -0.2) is 59.1 Å². The molecular weight excluding hydrogens is 294 g/mol. The third-order valence-corrected chi connectivity index (χ3v) is 4.56. The predicted molar refractivity (Wildman–Crippen MR) is 83.6 cm³/mol. The van der Waals surface area contributed by atoms with E-state index in [0.717, 1.165) is 12.1 Å². The molecule has 0 unspecified atom stereocenters. The first-order valence-electron chi connectivity index (χ1n) is 7.87. The number of carbonyl (C=O) groups excluding carboxylic acids is 1. The SMILES string of the molecule is O=C(c1ccn(-c2ccccc2)n1)N1CCOC[C@]12CCOC2. The van der Waals surface area contributed by atoms with Gasteiger partial charge in [-0.2, -0.15) is 5.10 Å². The smallest absolute Gasteiger partial charge is 0.275 e. The fraction of sp³-hybridized carbons (Fsp3) is 0.412. The first kappa shape index (κ1) is 14.4. The number of carbonyl (C=O) groups is 1. The van der Waals surface area contributed by atoms with Crippen LogP contribution in [-0.2, 0) is 9.47 Å². The lowest BCUT2D eigenvalue weighted by Gasteiger charge is -2.43. The van der Waals surface area contributed by atoms with Crippen molar-refractivity contribution in [3.63, 3.8) is 0 Å². The number of rotatable bonds is 2. The van der Waals surface area contributed by atoms with Crippen LogP contribution < -0.4 is 0 Å². The normalized spacial score (nSPS) is 24.3. The summed E-state index contributed by atoms with van der Waals surface area (Å²) >= 11 is 0. The second-order valence-electron chi connectivity index (χ2n) is 6.02. The highest BCUT2D eigenvalue weighted by Crippen LogP contribution is 2.30. The number of morpholine rings is 1. The van der Waals surface area contributed by atoms with Gasteiger partial charge in [0.15, 0.2) is 5.69 Å². The first-order valence-corrected chi connectivity index (χ1v) is 7.87. The van der Waals surface area contributed by atoms with E-state index in [1.165, 1.54) is 0 Å². The van der Waals surface area contributed by atoms with Crippen LogP contribution in [0.1, 0.15) is 16.9 Å². The van der Waals surface area contributed by atoms with Gasteiger partial charge < -0.3 is 14.4 Å². The summed E-state index contributed by atoms with van der Waals surface area (Å²) in [5, 5.41) is 4.45. The molecule has 2 aromatic rings. The highest BCUT2D eigenvalue weighted by Gasteiger charge is 2.46. The molecule has 23 heavy (non-hydrogen) atoms. The molecule has 6 heteroatoms. The summed E-state index contributed by atoms with van der Waals surface area (Å²) in [6.45, 7) is 2.90. The number of benzene rings is 1. The quantitative estimate of drug-likeness (QED) is 0.843. The third kappa shape index (κ3) is 2.54. The number of aromatic nitrogens is 2. The van der Waals surface area contributed by atoms with E-state index in [1.807, 2.05) is 41.4 Å². The zero-order valence-corrected chi connectivity index (χ0v) is 12.9. The Morgan fingerprint density at radius 3 is 2.65 bits per heavy atom. The predicted octanol–water partition coefficient (Wildman–Crippen LogP) is 1.50. The largest absolute Gasteiger partial charge is 0.379 e. The molecule has 1 atom stereocenters. The second kappa shape index (κ2) is 5.79. The maximum Gasteiger partial charge on any atom is 0.275 e. The van der Waals surface area contributed by atoms with Crippen molar-refractivity contribution < 1.29 is 14.3 Å². The molecule has 0 bridgehead atoms. The van der Waals surface area contributed by atoms with E-state index in [9.17, 15) is 4.79 Å². The molecule has 2 aliphatic rings. The molecule has 120 valence electrons. The van der Waals surface area contributed by atoms with Gasteiger partial charge in [-0.3, -0.25) is 4.79 Å². The van der Waals surface area contributed by atoms with Gasteiger partial charge in [0.25, 0.3) is 5.91 Å². The van der Waals surface area contributed by atoms with Crippen LogP contribution >= 0.6 is 0 Å². The lowest BCUT2D eigenvalue weighted by atomic mass is 9.95. The van der Waals surface area contributed by atoms with Crippen molar-refractivity contribution in [1.29, 1.82) is 0 Å². The van der Waals surface area contributed by atoms with Crippen molar-refractivity contribution in [3.05, 3.63) is 48.3 Å². The summed E-state index contributed by atoms with van der Waals surface area (Å²) in [4.78, 5) is 14.8. The zero-order chi connectivity index (χ0) is 15.7. The molecule has 0 saturated carbocycles. The summed E-state index contributed by atoms with van der Waals surface area (Å²) in [6, 6.07) is 11.5. The Bertz CT molecular complexity index is 692. The van der Waals surface area contributed by atoms with Crippen molar-refractivity contribution in [2.24, 2.45) is 0 Å². The van der Waals surface area contributed by atoms with E-state index in [4.69, 9.17) is 9.47 Å². The Balaban J connectivity index is 1.60. The molecule has 1 aromatic carbocycles. The first-order chi connectivity index (χ1) is 11.3. The number of para-hydroxylation sites is 1. The number of ether oxygens (including phenoxy) is 2. The Morgan fingerprint density at radius 2 is 1.87 bits per heavy atom. The number of amides is 1. The van der Waals surface area contributed by atoms with Gasteiger partial charge in [-0.1, -0.05) is 18.2 Å². The molecule has 1 spiro atoms. The molecule has 6 nitrogen and oxygen atoms in total. The van der Waals surface area contributed by atoms with Crippen molar-refractivity contribution in [2.45, 2.75) is 12.0 Å². The van der Waals surface area contributed by atoms with Crippen molar-refractivity contribution in [2.75, 3.05) is 33.0 Å². The van der Waals surface area contributed by atoms with Crippen molar-refractivity contribution >= 4 is 5.91 Å². The Kier molecular flexibility index (Phi) is 3.63. The minimum Gasteiger partial charge on any atom is -0.379 e. The fourth-order valence-corrected chi connectivity index (χ4v) is 3.27. The number of hydrogen-bond acceptors (Lipinski definition) is 4. The second-order valence-corrected chi connectivity index (χ2v) is 6.02. The van der Waals surface area contributed by atoms with Crippen LogP contribution in [0.2, 0.25) is 0 Å². The Labute approximate surface area is 134 Å².